The summed E-state index contributed by atoms with van der Waals surface area (Å²) in [7, 11) is 0. The summed E-state index contributed by atoms with van der Waals surface area (Å²) >= 11 is 0. The van der Waals surface area contributed by atoms with Gasteiger partial charge in [-0.1, -0.05) is 13.2 Å². The van der Waals surface area contributed by atoms with Crippen LogP contribution in [0.3, 0.4) is 0 Å². The average Bonchev–Trinajstić information content (AvgIpc) is 2.26. The highest BCUT2D eigenvalue weighted by atomic mass is 16.5. The Labute approximate surface area is 100 Å². The topological polar surface area (TPSA) is 83.8 Å². The molecule has 0 rings (SSSR count). The summed E-state index contributed by atoms with van der Waals surface area (Å²) < 4.78 is 5.23. The van der Waals surface area contributed by atoms with Crippen LogP contribution >= 0.6 is 0 Å². The van der Waals surface area contributed by atoms with Crippen molar-refractivity contribution in [3.8, 4) is 0 Å². The Hall–Kier alpha value is -1.62. The van der Waals surface area contributed by atoms with Crippen LogP contribution in [0.25, 0.3) is 0 Å². The molecule has 0 fully saturated rings. The minimum Gasteiger partial charge on any atom is -0.478 e. The smallest absolute Gasteiger partial charge is 0.330 e. The molecule has 17 heavy (non-hydrogen) atoms. The van der Waals surface area contributed by atoms with Crippen molar-refractivity contribution in [1.29, 1.82) is 0 Å². The molecular weight excluding hydrogens is 224 g/mol. The first kappa shape index (κ1) is 15.4. The number of aliphatic carboxylic acids is 2. The fourth-order valence-corrected chi connectivity index (χ4v) is 1.09. The van der Waals surface area contributed by atoms with Crippen molar-refractivity contribution in [2.75, 3.05) is 13.2 Å². The Balaban J connectivity index is 3.36. The van der Waals surface area contributed by atoms with Crippen LogP contribution in [0.1, 0.15) is 25.7 Å². The molecule has 0 aliphatic heterocycles. The first-order chi connectivity index (χ1) is 7.95. The highest BCUT2D eigenvalue weighted by Crippen LogP contribution is 2.05. The van der Waals surface area contributed by atoms with E-state index in [0.29, 0.717) is 38.9 Å². The molecule has 0 radical (unpaired) electrons. The molecule has 5 heteroatoms. The molecule has 0 aromatic carbocycles. The molecule has 5 nitrogen and oxygen atoms in total. The van der Waals surface area contributed by atoms with Crippen molar-refractivity contribution in [2.24, 2.45) is 0 Å². The van der Waals surface area contributed by atoms with Crippen LogP contribution in [0.4, 0.5) is 0 Å². The van der Waals surface area contributed by atoms with Crippen LogP contribution in [-0.2, 0) is 14.3 Å². The Morgan fingerprint density at radius 2 is 1.24 bits per heavy atom. The molecule has 0 amide bonds. The lowest BCUT2D eigenvalue weighted by Gasteiger charge is -2.04. The van der Waals surface area contributed by atoms with Gasteiger partial charge < -0.3 is 14.9 Å². The molecule has 0 aliphatic rings. The fraction of sp³-hybridized carbons (Fsp3) is 0.500. The third-order valence-electron chi connectivity index (χ3n) is 2.14. The number of ether oxygens (including phenoxy) is 1. The monoisotopic (exact) mass is 242 g/mol. The highest BCUT2D eigenvalue weighted by molar-refractivity contribution is 5.85. The summed E-state index contributed by atoms with van der Waals surface area (Å²) in [5.74, 6) is -1.97. The summed E-state index contributed by atoms with van der Waals surface area (Å²) in [6, 6.07) is 0. The van der Waals surface area contributed by atoms with Crippen LogP contribution in [0.15, 0.2) is 24.3 Å². The maximum absolute atomic E-state index is 10.4. The summed E-state index contributed by atoms with van der Waals surface area (Å²) in [4.78, 5) is 20.8. The zero-order valence-electron chi connectivity index (χ0n) is 9.78. The van der Waals surface area contributed by atoms with Crippen LogP contribution in [-0.4, -0.2) is 35.4 Å². The Morgan fingerprint density at radius 1 is 0.882 bits per heavy atom. The third-order valence-corrected chi connectivity index (χ3v) is 2.14. The lowest BCUT2D eigenvalue weighted by Crippen LogP contribution is -2.04. The van der Waals surface area contributed by atoms with Gasteiger partial charge in [-0.3, -0.25) is 0 Å². The van der Waals surface area contributed by atoms with E-state index in [0.717, 1.165) is 0 Å². The van der Waals surface area contributed by atoms with Crippen molar-refractivity contribution >= 4 is 11.9 Å². The molecule has 0 aromatic rings. The van der Waals surface area contributed by atoms with Gasteiger partial charge in [0.25, 0.3) is 0 Å². The van der Waals surface area contributed by atoms with Gasteiger partial charge >= 0.3 is 11.9 Å². The molecule has 0 atom stereocenters. The van der Waals surface area contributed by atoms with Crippen LogP contribution < -0.4 is 0 Å². The summed E-state index contributed by atoms with van der Waals surface area (Å²) in [5, 5.41) is 17.1. The van der Waals surface area contributed by atoms with E-state index in [-0.39, 0.29) is 11.1 Å². The quantitative estimate of drug-likeness (QED) is 0.451. The molecule has 0 heterocycles. The molecule has 0 spiro atoms. The van der Waals surface area contributed by atoms with Gasteiger partial charge in [0, 0.05) is 24.4 Å². The fourth-order valence-electron chi connectivity index (χ4n) is 1.09. The van der Waals surface area contributed by atoms with Crippen LogP contribution in [0.2, 0.25) is 0 Å². The largest absolute Gasteiger partial charge is 0.478 e. The van der Waals surface area contributed by atoms with E-state index in [2.05, 4.69) is 13.2 Å². The van der Waals surface area contributed by atoms with Gasteiger partial charge in [-0.2, -0.15) is 0 Å². The number of hydrogen-bond acceptors (Lipinski definition) is 3. The lowest BCUT2D eigenvalue weighted by molar-refractivity contribution is -0.133. The summed E-state index contributed by atoms with van der Waals surface area (Å²) in [5.41, 5.74) is 0.348. The summed E-state index contributed by atoms with van der Waals surface area (Å²) in [6.45, 7) is 7.70. The number of rotatable bonds is 10. The number of carboxylic acids is 2. The Kier molecular flexibility index (Phi) is 7.71. The second kappa shape index (κ2) is 8.52. The van der Waals surface area contributed by atoms with Crippen LogP contribution in [0, 0.1) is 0 Å². The maximum atomic E-state index is 10.4. The van der Waals surface area contributed by atoms with Gasteiger partial charge in [-0.15, -0.1) is 0 Å². The minimum atomic E-state index is -0.984. The molecule has 0 saturated carbocycles. The molecule has 0 unspecified atom stereocenters. The van der Waals surface area contributed by atoms with Crippen molar-refractivity contribution in [2.45, 2.75) is 25.7 Å². The molecule has 0 saturated heterocycles. The van der Waals surface area contributed by atoms with E-state index in [9.17, 15) is 9.59 Å². The highest BCUT2D eigenvalue weighted by Gasteiger charge is 2.04. The standard InChI is InChI=1S/C12H18O5/c1-9(11(13)14)5-3-7-17-8-4-6-10(2)12(15)16/h1-8H2,(H,13,14)(H,15,16). The molecule has 0 aliphatic carbocycles. The zero-order valence-corrected chi connectivity index (χ0v) is 9.78. The van der Waals surface area contributed by atoms with Crippen molar-refractivity contribution in [1.82, 2.24) is 0 Å². The average molecular weight is 242 g/mol. The van der Waals surface area contributed by atoms with Crippen molar-refractivity contribution in [3.05, 3.63) is 24.3 Å². The SMILES string of the molecule is C=C(CCCOCCCC(=C)C(=O)O)C(=O)O. The molecular formula is C12H18O5. The van der Waals surface area contributed by atoms with E-state index in [1.807, 2.05) is 0 Å². The van der Waals surface area contributed by atoms with E-state index >= 15 is 0 Å². The Bertz CT molecular complexity index is 276. The normalized spacial score (nSPS) is 9.88. The van der Waals surface area contributed by atoms with E-state index in [1.165, 1.54) is 0 Å². The van der Waals surface area contributed by atoms with E-state index in [1.54, 1.807) is 0 Å². The maximum Gasteiger partial charge on any atom is 0.330 e. The molecule has 0 bridgehead atoms. The Morgan fingerprint density at radius 3 is 1.53 bits per heavy atom. The van der Waals surface area contributed by atoms with E-state index < -0.39 is 11.9 Å². The summed E-state index contributed by atoms with van der Waals surface area (Å²) in [6.07, 6.45) is 2.00. The van der Waals surface area contributed by atoms with Gasteiger partial charge in [-0.05, 0) is 25.7 Å². The molecule has 2 N–H and O–H groups in total. The van der Waals surface area contributed by atoms with Gasteiger partial charge in [0.15, 0.2) is 0 Å². The van der Waals surface area contributed by atoms with Crippen molar-refractivity contribution in [3.63, 3.8) is 0 Å². The lowest BCUT2D eigenvalue weighted by atomic mass is 10.2. The molecule has 96 valence electrons. The second-order valence-electron chi connectivity index (χ2n) is 3.64. The van der Waals surface area contributed by atoms with Crippen LogP contribution in [0.5, 0.6) is 0 Å². The van der Waals surface area contributed by atoms with Gasteiger partial charge in [0.05, 0.1) is 0 Å². The van der Waals surface area contributed by atoms with Crippen molar-refractivity contribution < 1.29 is 24.5 Å². The zero-order chi connectivity index (χ0) is 13.3. The van der Waals surface area contributed by atoms with E-state index in [4.69, 9.17) is 14.9 Å². The first-order valence-electron chi connectivity index (χ1n) is 5.35. The number of hydrogen-bond donors (Lipinski definition) is 2. The molecule has 0 aromatic heterocycles. The second-order valence-corrected chi connectivity index (χ2v) is 3.64. The predicted octanol–water partition coefficient (Wildman–Crippen LogP) is 1.85. The predicted molar refractivity (Wildman–Crippen MR) is 62.8 cm³/mol. The van der Waals surface area contributed by atoms with Gasteiger partial charge in [0.2, 0.25) is 0 Å². The first-order valence-corrected chi connectivity index (χ1v) is 5.35. The number of carbonyl (C=O) groups is 2. The van der Waals surface area contributed by atoms with Gasteiger partial charge in [0.1, 0.15) is 0 Å². The minimum absolute atomic E-state index is 0.174. The third kappa shape index (κ3) is 8.21. The van der Waals surface area contributed by atoms with Gasteiger partial charge in [-0.25, -0.2) is 9.59 Å². The number of carboxylic acid groups (broad SMARTS) is 2.